The number of aryl methyl sites for hydroxylation is 2. The molecule has 0 saturated carbocycles. The van der Waals surface area contributed by atoms with Gasteiger partial charge in [-0.2, -0.15) is 0 Å². The Hall–Kier alpha value is -0.780. The Morgan fingerprint density at radius 2 is 1.63 bits per heavy atom. The van der Waals surface area contributed by atoms with E-state index in [0.717, 1.165) is 26.1 Å². The highest BCUT2D eigenvalue weighted by Gasteiger charge is 2.01. The number of benzene rings is 1. The highest BCUT2D eigenvalue weighted by atomic mass is 127. The summed E-state index contributed by atoms with van der Waals surface area (Å²) in [6.07, 6.45) is 0.949. The average Bonchev–Trinajstić information content (AvgIpc) is 2.29. The van der Waals surface area contributed by atoms with Crippen molar-refractivity contribution in [1.82, 2.24) is 4.90 Å². The normalized spacial score (nSPS) is 11.1. The van der Waals surface area contributed by atoms with E-state index in [4.69, 9.17) is 5.73 Å². The van der Waals surface area contributed by atoms with Crippen LogP contribution in [0.25, 0.3) is 0 Å². The van der Waals surface area contributed by atoms with Gasteiger partial charge >= 0.3 is 0 Å². The van der Waals surface area contributed by atoms with E-state index < -0.39 is 0 Å². The maximum Gasteiger partial charge on any atom is 0.191 e. The summed E-state index contributed by atoms with van der Waals surface area (Å²) in [7, 11) is 0. The molecule has 0 aliphatic carbocycles. The molecule has 19 heavy (non-hydrogen) atoms. The maximum absolute atomic E-state index is 5.94. The molecule has 0 fully saturated rings. The van der Waals surface area contributed by atoms with Gasteiger partial charge in [-0.25, -0.2) is 0 Å². The Labute approximate surface area is 134 Å². The smallest absolute Gasteiger partial charge is 0.191 e. The van der Waals surface area contributed by atoms with Crippen molar-refractivity contribution in [3.05, 3.63) is 34.9 Å². The lowest BCUT2D eigenvalue weighted by molar-refractivity contribution is 0.458. The fourth-order valence-electron chi connectivity index (χ4n) is 2.16. The molecule has 1 aromatic carbocycles. The number of hydrogen-bond acceptors (Lipinski definition) is 1. The zero-order valence-corrected chi connectivity index (χ0v) is 14.8. The zero-order valence-electron chi connectivity index (χ0n) is 12.4. The first-order valence-electron chi connectivity index (χ1n) is 6.68. The topological polar surface area (TPSA) is 41.6 Å². The Morgan fingerprint density at radius 1 is 1.11 bits per heavy atom. The molecule has 0 bridgehead atoms. The number of aliphatic imine (C=N–C) groups is 1. The van der Waals surface area contributed by atoms with E-state index in [1.54, 1.807) is 0 Å². The highest BCUT2D eigenvalue weighted by Crippen LogP contribution is 2.09. The van der Waals surface area contributed by atoms with Gasteiger partial charge in [-0.05, 0) is 39.7 Å². The Kier molecular flexibility index (Phi) is 8.80. The highest BCUT2D eigenvalue weighted by molar-refractivity contribution is 14.0. The van der Waals surface area contributed by atoms with Gasteiger partial charge in [0.2, 0.25) is 0 Å². The van der Waals surface area contributed by atoms with Crippen molar-refractivity contribution in [1.29, 1.82) is 0 Å². The first kappa shape index (κ1) is 18.2. The molecule has 0 aliphatic rings. The van der Waals surface area contributed by atoms with Crippen molar-refractivity contribution in [2.75, 3.05) is 19.6 Å². The van der Waals surface area contributed by atoms with E-state index in [1.165, 1.54) is 16.7 Å². The lowest BCUT2D eigenvalue weighted by Crippen LogP contribution is -2.37. The number of halogens is 1. The van der Waals surface area contributed by atoms with Crippen molar-refractivity contribution in [3.8, 4) is 0 Å². The Balaban J connectivity index is 0.00000324. The predicted octanol–water partition coefficient (Wildman–Crippen LogP) is 3.12. The molecule has 0 radical (unpaired) electrons. The maximum atomic E-state index is 5.94. The fraction of sp³-hybridized carbons (Fsp3) is 0.533. The van der Waals surface area contributed by atoms with Crippen LogP contribution in [-0.2, 0) is 6.42 Å². The average molecular weight is 375 g/mol. The molecular formula is C15H26IN3. The van der Waals surface area contributed by atoms with Gasteiger partial charge in [0, 0.05) is 19.6 Å². The van der Waals surface area contributed by atoms with Crippen LogP contribution in [0.5, 0.6) is 0 Å². The summed E-state index contributed by atoms with van der Waals surface area (Å²) in [4.78, 5) is 6.51. The second-order valence-electron chi connectivity index (χ2n) is 4.66. The molecule has 0 amide bonds. The molecule has 0 aliphatic heterocycles. The van der Waals surface area contributed by atoms with Crippen molar-refractivity contribution in [2.24, 2.45) is 10.7 Å². The molecule has 1 rings (SSSR count). The van der Waals surface area contributed by atoms with Crippen LogP contribution in [0.4, 0.5) is 0 Å². The van der Waals surface area contributed by atoms with Gasteiger partial charge in [0.1, 0.15) is 0 Å². The van der Waals surface area contributed by atoms with Gasteiger partial charge in [-0.1, -0.05) is 29.3 Å². The summed E-state index contributed by atoms with van der Waals surface area (Å²) in [5.41, 5.74) is 9.90. The van der Waals surface area contributed by atoms with Gasteiger partial charge in [0.05, 0.1) is 0 Å². The van der Waals surface area contributed by atoms with Gasteiger partial charge in [-0.15, -0.1) is 24.0 Å². The lowest BCUT2D eigenvalue weighted by Gasteiger charge is -2.19. The van der Waals surface area contributed by atoms with Gasteiger partial charge in [-0.3, -0.25) is 4.99 Å². The minimum Gasteiger partial charge on any atom is -0.370 e. The van der Waals surface area contributed by atoms with Crippen molar-refractivity contribution < 1.29 is 0 Å². The third-order valence-corrected chi connectivity index (χ3v) is 3.04. The summed E-state index contributed by atoms with van der Waals surface area (Å²) < 4.78 is 0. The number of guanidine groups is 1. The molecular weight excluding hydrogens is 349 g/mol. The summed E-state index contributed by atoms with van der Waals surface area (Å²) in [6.45, 7) is 11.0. The van der Waals surface area contributed by atoms with Crippen LogP contribution in [0, 0.1) is 13.8 Å². The van der Waals surface area contributed by atoms with Crippen LogP contribution in [0.15, 0.2) is 23.2 Å². The van der Waals surface area contributed by atoms with Gasteiger partial charge in [0.25, 0.3) is 0 Å². The quantitative estimate of drug-likeness (QED) is 0.488. The molecule has 4 heteroatoms. The third kappa shape index (κ3) is 6.27. The second kappa shape index (κ2) is 9.18. The Morgan fingerprint density at radius 3 is 2.11 bits per heavy atom. The van der Waals surface area contributed by atoms with Crippen LogP contribution in [0.3, 0.4) is 0 Å². The van der Waals surface area contributed by atoms with Gasteiger partial charge in [0.15, 0.2) is 5.96 Å². The largest absolute Gasteiger partial charge is 0.370 e. The molecule has 0 unspecified atom stereocenters. The van der Waals surface area contributed by atoms with Gasteiger partial charge < -0.3 is 10.6 Å². The zero-order chi connectivity index (χ0) is 13.5. The van der Waals surface area contributed by atoms with Crippen LogP contribution >= 0.6 is 24.0 Å². The monoisotopic (exact) mass is 375 g/mol. The van der Waals surface area contributed by atoms with Crippen molar-refractivity contribution in [2.45, 2.75) is 34.1 Å². The van der Waals surface area contributed by atoms with Crippen LogP contribution in [0.2, 0.25) is 0 Å². The molecule has 0 saturated heterocycles. The number of hydrogen-bond donors (Lipinski definition) is 1. The molecule has 3 nitrogen and oxygen atoms in total. The van der Waals surface area contributed by atoms with E-state index in [2.05, 4.69) is 55.8 Å². The third-order valence-electron chi connectivity index (χ3n) is 3.04. The van der Waals surface area contributed by atoms with Crippen molar-refractivity contribution in [3.63, 3.8) is 0 Å². The SMILES string of the molecule is CCN(CC)C(N)=NCCc1cc(C)cc(C)c1.I. The van der Waals surface area contributed by atoms with Crippen LogP contribution in [0.1, 0.15) is 30.5 Å². The summed E-state index contributed by atoms with van der Waals surface area (Å²) in [5.74, 6) is 0.657. The number of nitrogens with two attached hydrogens (primary N) is 1. The van der Waals surface area contributed by atoms with E-state index in [1.807, 2.05) is 0 Å². The van der Waals surface area contributed by atoms with E-state index >= 15 is 0 Å². The lowest BCUT2D eigenvalue weighted by atomic mass is 10.1. The molecule has 108 valence electrons. The van der Waals surface area contributed by atoms with Crippen molar-refractivity contribution >= 4 is 29.9 Å². The number of rotatable bonds is 5. The minimum absolute atomic E-state index is 0. The molecule has 1 aromatic rings. The van der Waals surface area contributed by atoms with E-state index in [-0.39, 0.29) is 24.0 Å². The summed E-state index contributed by atoms with van der Waals surface area (Å²) in [6, 6.07) is 6.63. The molecule has 0 heterocycles. The standard InChI is InChI=1S/C15H25N3.HI/c1-5-18(6-2)15(16)17-8-7-14-10-12(3)9-13(4)11-14;/h9-11H,5-8H2,1-4H3,(H2,16,17);1H. The molecule has 0 spiro atoms. The predicted molar refractivity (Wildman–Crippen MR) is 94.4 cm³/mol. The summed E-state index contributed by atoms with van der Waals surface area (Å²) >= 11 is 0. The second-order valence-corrected chi connectivity index (χ2v) is 4.66. The first-order chi connectivity index (χ1) is 8.56. The first-order valence-corrected chi connectivity index (χ1v) is 6.68. The van der Waals surface area contributed by atoms with E-state index in [0.29, 0.717) is 5.96 Å². The van der Waals surface area contributed by atoms with Crippen LogP contribution in [-0.4, -0.2) is 30.5 Å². The van der Waals surface area contributed by atoms with Crippen LogP contribution < -0.4 is 5.73 Å². The molecule has 2 N–H and O–H groups in total. The molecule has 0 atom stereocenters. The minimum atomic E-state index is 0. The fourth-order valence-corrected chi connectivity index (χ4v) is 2.16. The van der Waals surface area contributed by atoms with E-state index in [9.17, 15) is 0 Å². The molecule has 0 aromatic heterocycles. The number of nitrogens with zero attached hydrogens (tertiary/aromatic N) is 2. The summed E-state index contributed by atoms with van der Waals surface area (Å²) in [5, 5.41) is 0. The Bertz CT molecular complexity index is 392.